The summed E-state index contributed by atoms with van der Waals surface area (Å²) in [4.78, 5) is 85.3. The molecular weight excluding hydrogens is 794 g/mol. The molecule has 0 unspecified atom stereocenters. The van der Waals surface area contributed by atoms with Gasteiger partial charge in [0, 0.05) is 48.6 Å². The standard InChI is InChI=1S/C43H48FN7O10/c1-5-43(58)29-17-34-37-27(22-51(34)39(55)28(29)23-60-40(43)56)26(21-50-11-13-59-14-12-50)25-16-32(30(44)18-31(25)49-37)47-35(52)19-45-38(54)33(15-24-9-7-6-8-10-24)48-36(53)20-46-41(57)61-42(2,3)4/h6-10,16-18,33,58H,5,11-15,19-23H2,1-4H3,(H,45,54)(H,46,57)(H,47,52)(H,48,53)/t33-,43-/m0/s1. The molecule has 4 amide bonds. The van der Waals surface area contributed by atoms with Gasteiger partial charge < -0.3 is 45.2 Å². The van der Waals surface area contributed by atoms with Crippen molar-refractivity contribution < 1.29 is 47.7 Å². The number of hydrogen-bond donors (Lipinski definition) is 5. The molecule has 2 aromatic carbocycles. The number of anilines is 1. The predicted octanol–water partition coefficient (Wildman–Crippen LogP) is 2.36. The van der Waals surface area contributed by atoms with Crippen LogP contribution in [-0.2, 0) is 65.1 Å². The minimum atomic E-state index is -2.02. The molecule has 3 aliphatic heterocycles. The van der Waals surface area contributed by atoms with E-state index >= 15 is 4.39 Å². The maximum Gasteiger partial charge on any atom is 0.408 e. The van der Waals surface area contributed by atoms with Gasteiger partial charge in [-0.15, -0.1) is 0 Å². The number of pyridine rings is 2. The fourth-order valence-electron chi connectivity index (χ4n) is 7.70. The van der Waals surface area contributed by atoms with Gasteiger partial charge in [0.05, 0.1) is 54.5 Å². The predicted molar refractivity (Wildman–Crippen MR) is 219 cm³/mol. The molecule has 3 aliphatic rings. The Morgan fingerprint density at radius 3 is 2.43 bits per heavy atom. The summed E-state index contributed by atoms with van der Waals surface area (Å²) in [7, 11) is 0. The molecule has 4 aromatic rings. The van der Waals surface area contributed by atoms with Crippen LogP contribution >= 0.6 is 0 Å². The van der Waals surface area contributed by atoms with E-state index in [1.165, 1.54) is 16.7 Å². The van der Waals surface area contributed by atoms with E-state index in [2.05, 4.69) is 26.2 Å². The van der Waals surface area contributed by atoms with Crippen LogP contribution in [0.1, 0.15) is 61.9 Å². The van der Waals surface area contributed by atoms with Crippen LogP contribution < -0.4 is 26.8 Å². The second-order valence-electron chi connectivity index (χ2n) is 16.2. The Morgan fingerprint density at radius 1 is 1.00 bits per heavy atom. The van der Waals surface area contributed by atoms with Crippen molar-refractivity contribution in [3.05, 3.63) is 92.5 Å². The molecule has 0 spiro atoms. The van der Waals surface area contributed by atoms with Crippen LogP contribution in [0, 0.1) is 5.82 Å². The van der Waals surface area contributed by atoms with Crippen molar-refractivity contribution in [3.8, 4) is 11.4 Å². The molecule has 0 aliphatic carbocycles. The van der Waals surface area contributed by atoms with E-state index in [4.69, 9.17) is 19.2 Å². The molecule has 1 fully saturated rings. The zero-order valence-electron chi connectivity index (χ0n) is 34.3. The molecule has 18 heteroatoms. The lowest BCUT2D eigenvalue weighted by atomic mass is 9.86. The average molecular weight is 842 g/mol. The van der Waals surface area contributed by atoms with Gasteiger partial charge in [-0.3, -0.25) is 24.1 Å². The number of morpholine rings is 1. The number of hydrogen-bond acceptors (Lipinski definition) is 12. The number of fused-ring (bicyclic) bond motifs is 5. The smallest absolute Gasteiger partial charge is 0.408 e. The molecule has 61 heavy (non-hydrogen) atoms. The molecule has 2 atom stereocenters. The fraction of sp³-hybridized carbons (Fsp3) is 0.419. The number of benzene rings is 2. The van der Waals surface area contributed by atoms with Gasteiger partial charge >= 0.3 is 12.1 Å². The minimum Gasteiger partial charge on any atom is -0.458 e. The number of rotatable bonds is 12. The van der Waals surface area contributed by atoms with E-state index in [1.807, 2.05) is 0 Å². The Balaban J connectivity index is 1.13. The summed E-state index contributed by atoms with van der Waals surface area (Å²) in [6.07, 6.45) is -0.763. The summed E-state index contributed by atoms with van der Waals surface area (Å²) in [5.41, 5.74) is 0.0989. The molecule has 0 saturated carbocycles. The van der Waals surface area contributed by atoms with E-state index in [0.717, 1.165) is 11.1 Å². The second kappa shape index (κ2) is 17.4. The maximum atomic E-state index is 15.9. The van der Waals surface area contributed by atoms with Gasteiger partial charge in [-0.05, 0) is 50.5 Å². The Hall–Kier alpha value is -6.24. The Labute approximate surface area is 349 Å². The zero-order chi connectivity index (χ0) is 43.6. The van der Waals surface area contributed by atoms with E-state index in [9.17, 15) is 33.9 Å². The Kier molecular flexibility index (Phi) is 12.2. The molecule has 0 bridgehead atoms. The van der Waals surface area contributed by atoms with Gasteiger partial charge in [-0.2, -0.15) is 0 Å². The molecule has 2 aromatic heterocycles. The number of aliphatic hydroxyl groups is 1. The van der Waals surface area contributed by atoms with Gasteiger partial charge in [0.1, 0.15) is 30.6 Å². The maximum absolute atomic E-state index is 15.9. The molecule has 5 heterocycles. The number of halogens is 1. The van der Waals surface area contributed by atoms with Crippen molar-refractivity contribution in [2.45, 2.75) is 77.5 Å². The van der Waals surface area contributed by atoms with Crippen LogP contribution in [0.2, 0.25) is 0 Å². The second-order valence-corrected chi connectivity index (χ2v) is 16.2. The minimum absolute atomic E-state index is 0.0225. The lowest BCUT2D eigenvalue weighted by Gasteiger charge is -2.31. The third-order valence-electron chi connectivity index (χ3n) is 10.8. The zero-order valence-corrected chi connectivity index (χ0v) is 34.3. The highest BCUT2D eigenvalue weighted by molar-refractivity contribution is 5.99. The van der Waals surface area contributed by atoms with E-state index in [1.54, 1.807) is 64.1 Å². The van der Waals surface area contributed by atoms with E-state index in [-0.39, 0.29) is 48.3 Å². The van der Waals surface area contributed by atoms with Crippen LogP contribution in [0.3, 0.4) is 0 Å². The van der Waals surface area contributed by atoms with Crippen molar-refractivity contribution >= 4 is 46.4 Å². The van der Waals surface area contributed by atoms with Crippen molar-refractivity contribution in [3.63, 3.8) is 0 Å². The fourth-order valence-corrected chi connectivity index (χ4v) is 7.70. The number of esters is 1. The summed E-state index contributed by atoms with van der Waals surface area (Å²) in [6.45, 7) is 8.04. The molecule has 0 radical (unpaired) electrons. The number of amides is 4. The van der Waals surface area contributed by atoms with Gasteiger partial charge in [-0.25, -0.2) is 19.0 Å². The van der Waals surface area contributed by atoms with Crippen LogP contribution in [-0.4, -0.2) is 100 Å². The molecule has 17 nitrogen and oxygen atoms in total. The Bertz CT molecular complexity index is 2460. The number of alkyl carbamates (subject to hydrolysis) is 1. The van der Waals surface area contributed by atoms with Gasteiger partial charge in [0.15, 0.2) is 5.60 Å². The molecule has 322 valence electrons. The molecule has 5 N–H and O–H groups in total. The highest BCUT2D eigenvalue weighted by Gasteiger charge is 2.45. The summed E-state index contributed by atoms with van der Waals surface area (Å²) in [5.74, 6) is -3.77. The number of carbonyl (C=O) groups excluding carboxylic acids is 5. The van der Waals surface area contributed by atoms with Crippen LogP contribution in [0.4, 0.5) is 14.9 Å². The summed E-state index contributed by atoms with van der Waals surface area (Å²) < 4.78 is 33.4. The van der Waals surface area contributed by atoms with Crippen molar-refractivity contribution in [1.82, 2.24) is 30.4 Å². The number of cyclic esters (lactones) is 1. The molecule has 1 saturated heterocycles. The lowest BCUT2D eigenvalue weighted by Crippen LogP contribution is -2.51. The van der Waals surface area contributed by atoms with Gasteiger partial charge in [0.25, 0.3) is 5.56 Å². The third kappa shape index (κ3) is 9.25. The topological polar surface area (TPSA) is 220 Å². The SMILES string of the molecule is CC[C@@]1(O)C(=O)OCc2c1cc1n(c2=O)Cc2c-1nc1cc(F)c(NC(=O)CNC(=O)[C@H](Cc3ccccc3)NC(=O)CNC(=O)OC(C)(C)C)cc1c2CN1CCOCC1. The number of aromatic nitrogens is 2. The summed E-state index contributed by atoms with van der Waals surface area (Å²) >= 11 is 0. The van der Waals surface area contributed by atoms with Gasteiger partial charge in [0.2, 0.25) is 17.7 Å². The summed E-state index contributed by atoms with van der Waals surface area (Å²) in [6, 6.07) is 12.0. The van der Waals surface area contributed by atoms with E-state index < -0.39 is 71.5 Å². The first-order chi connectivity index (χ1) is 29.0. The van der Waals surface area contributed by atoms with Crippen molar-refractivity contribution in [2.24, 2.45) is 0 Å². The first-order valence-corrected chi connectivity index (χ1v) is 20.0. The first-order valence-electron chi connectivity index (χ1n) is 20.0. The normalized spacial score (nSPS) is 17.6. The van der Waals surface area contributed by atoms with Crippen molar-refractivity contribution in [2.75, 3.05) is 44.7 Å². The highest BCUT2D eigenvalue weighted by Crippen LogP contribution is 2.41. The lowest BCUT2D eigenvalue weighted by molar-refractivity contribution is -0.172. The van der Waals surface area contributed by atoms with Crippen molar-refractivity contribution in [1.29, 1.82) is 0 Å². The van der Waals surface area contributed by atoms with E-state index in [0.29, 0.717) is 55.2 Å². The number of nitrogens with one attached hydrogen (secondary N) is 4. The number of ether oxygens (including phenoxy) is 3. The quantitative estimate of drug-likeness (QED) is 0.114. The Morgan fingerprint density at radius 2 is 1.72 bits per heavy atom. The molecule has 7 rings (SSSR count). The summed E-state index contributed by atoms with van der Waals surface area (Å²) in [5, 5.41) is 21.9. The van der Waals surface area contributed by atoms with Crippen LogP contribution in [0.15, 0.2) is 53.3 Å². The highest BCUT2D eigenvalue weighted by atomic mass is 19.1. The number of carbonyl (C=O) groups is 5. The molecular formula is C43H48FN7O10. The monoisotopic (exact) mass is 841 g/mol. The van der Waals surface area contributed by atoms with Crippen LogP contribution in [0.25, 0.3) is 22.3 Å². The first kappa shape index (κ1) is 42.9. The van der Waals surface area contributed by atoms with Crippen LogP contribution in [0.5, 0.6) is 0 Å². The average Bonchev–Trinajstić information content (AvgIpc) is 3.59. The third-order valence-corrected chi connectivity index (χ3v) is 10.8. The van der Waals surface area contributed by atoms with Gasteiger partial charge in [-0.1, -0.05) is 37.3 Å². The number of nitrogens with zero attached hydrogens (tertiary/aromatic N) is 3. The largest absolute Gasteiger partial charge is 0.458 e.